The van der Waals surface area contributed by atoms with Gasteiger partial charge in [-0.15, -0.1) is 0 Å². The maximum atomic E-state index is 13.9. The second-order valence-electron chi connectivity index (χ2n) is 7.88. The van der Waals surface area contributed by atoms with Gasteiger partial charge in [-0.2, -0.15) is 0 Å². The first-order valence-electron chi connectivity index (χ1n) is 10.1. The molecular formula is C26H22N2O2. The van der Waals surface area contributed by atoms with E-state index in [2.05, 4.69) is 0 Å². The summed E-state index contributed by atoms with van der Waals surface area (Å²) in [5.74, 6) is -1.15. The number of carbonyl (C=O) groups is 2. The summed E-state index contributed by atoms with van der Waals surface area (Å²) in [6.45, 7) is 0. The quantitative estimate of drug-likeness (QED) is 0.676. The molecule has 0 saturated carbocycles. The number of fused-ring (bicyclic) bond motifs is 3. The van der Waals surface area contributed by atoms with Crippen molar-refractivity contribution in [1.82, 2.24) is 4.90 Å². The highest BCUT2D eigenvalue weighted by molar-refractivity contribution is 6.00. The normalized spacial score (nSPS) is 24.2. The van der Waals surface area contributed by atoms with E-state index in [4.69, 9.17) is 5.73 Å². The van der Waals surface area contributed by atoms with E-state index in [0.717, 1.165) is 16.7 Å². The van der Waals surface area contributed by atoms with Crippen molar-refractivity contribution < 1.29 is 9.59 Å². The third-order valence-electron chi connectivity index (χ3n) is 6.29. The Hall–Kier alpha value is -3.66. The Kier molecular flexibility index (Phi) is 4.47. The summed E-state index contributed by atoms with van der Waals surface area (Å²) in [7, 11) is 0. The molecule has 0 bridgehead atoms. The van der Waals surface area contributed by atoms with Crippen LogP contribution in [-0.4, -0.2) is 22.6 Å². The van der Waals surface area contributed by atoms with Gasteiger partial charge in [0.1, 0.15) is 6.04 Å². The van der Waals surface area contributed by atoms with E-state index in [-0.39, 0.29) is 17.7 Å². The number of benzene rings is 3. The smallest absolute Gasteiger partial charge is 0.240 e. The highest BCUT2D eigenvalue weighted by Gasteiger charge is 2.55. The summed E-state index contributed by atoms with van der Waals surface area (Å²) < 4.78 is 0. The molecule has 4 atom stereocenters. The van der Waals surface area contributed by atoms with Gasteiger partial charge < -0.3 is 10.6 Å². The maximum Gasteiger partial charge on any atom is 0.240 e. The Morgan fingerprint density at radius 2 is 1.43 bits per heavy atom. The van der Waals surface area contributed by atoms with Crippen molar-refractivity contribution in [1.29, 1.82) is 0 Å². The average molecular weight is 394 g/mol. The molecule has 5 rings (SSSR count). The molecule has 2 heterocycles. The van der Waals surface area contributed by atoms with Crippen molar-refractivity contribution in [2.45, 2.75) is 18.0 Å². The highest BCUT2D eigenvalue weighted by atomic mass is 16.1. The molecule has 3 aromatic carbocycles. The van der Waals surface area contributed by atoms with Crippen molar-refractivity contribution in [2.75, 3.05) is 0 Å². The van der Waals surface area contributed by atoms with Crippen LogP contribution in [0.1, 0.15) is 39.0 Å². The standard InChI is InChI=1S/C26H22N2O2/c27-26(30)24-21(18-10-3-1-4-11-18)22(25(29)19-12-5-2-6-13-19)23-20-14-8-7-9-17(20)15-16-28(23)24/h1-16,21-24H,(H2,27,30). The first-order chi connectivity index (χ1) is 14.7. The van der Waals surface area contributed by atoms with E-state index >= 15 is 0 Å². The van der Waals surface area contributed by atoms with Gasteiger partial charge in [0.05, 0.1) is 12.0 Å². The predicted molar refractivity (Wildman–Crippen MR) is 116 cm³/mol. The number of amides is 1. The molecule has 1 fully saturated rings. The molecule has 1 amide bonds. The predicted octanol–water partition coefficient (Wildman–Crippen LogP) is 4.16. The van der Waals surface area contributed by atoms with E-state index in [1.807, 2.05) is 102 Å². The fourth-order valence-corrected chi connectivity index (χ4v) is 5.06. The number of nitrogens with zero attached hydrogens (tertiary/aromatic N) is 1. The lowest BCUT2D eigenvalue weighted by molar-refractivity contribution is -0.122. The zero-order valence-corrected chi connectivity index (χ0v) is 16.4. The number of hydrogen-bond acceptors (Lipinski definition) is 3. The summed E-state index contributed by atoms with van der Waals surface area (Å²) in [6.07, 6.45) is 3.93. The molecule has 30 heavy (non-hydrogen) atoms. The van der Waals surface area contributed by atoms with Crippen LogP contribution in [-0.2, 0) is 4.79 Å². The first kappa shape index (κ1) is 18.4. The van der Waals surface area contributed by atoms with Crippen molar-refractivity contribution >= 4 is 17.8 Å². The second kappa shape index (κ2) is 7.30. The number of ketones is 1. The Labute approximate surface area is 175 Å². The molecule has 1 saturated heterocycles. The van der Waals surface area contributed by atoms with E-state index in [1.54, 1.807) is 0 Å². The summed E-state index contributed by atoms with van der Waals surface area (Å²) in [5.41, 5.74) is 9.66. The van der Waals surface area contributed by atoms with Gasteiger partial charge in [-0.1, -0.05) is 84.9 Å². The summed E-state index contributed by atoms with van der Waals surface area (Å²) >= 11 is 0. The van der Waals surface area contributed by atoms with Crippen molar-refractivity contribution in [3.8, 4) is 0 Å². The summed E-state index contributed by atoms with van der Waals surface area (Å²) in [6, 6.07) is 26.3. The van der Waals surface area contributed by atoms with E-state index in [9.17, 15) is 9.59 Å². The van der Waals surface area contributed by atoms with Crippen LogP contribution in [0, 0.1) is 5.92 Å². The van der Waals surface area contributed by atoms with Crippen LogP contribution >= 0.6 is 0 Å². The van der Waals surface area contributed by atoms with Gasteiger partial charge in [0.2, 0.25) is 5.91 Å². The highest BCUT2D eigenvalue weighted by Crippen LogP contribution is 2.53. The SMILES string of the molecule is NC(=O)C1C(c2ccccc2)C(C(=O)c2ccccc2)C2c3ccccc3C=CN12. The molecule has 0 aliphatic carbocycles. The van der Waals surface area contributed by atoms with E-state index in [1.165, 1.54) is 0 Å². The lowest BCUT2D eigenvalue weighted by atomic mass is 9.75. The molecule has 0 radical (unpaired) electrons. The minimum atomic E-state index is -0.598. The van der Waals surface area contributed by atoms with Crippen LogP contribution < -0.4 is 5.73 Å². The lowest BCUT2D eigenvalue weighted by Crippen LogP contribution is -2.41. The molecule has 148 valence electrons. The zero-order chi connectivity index (χ0) is 20.7. The van der Waals surface area contributed by atoms with Gasteiger partial charge in [0.15, 0.2) is 5.78 Å². The van der Waals surface area contributed by atoms with Gasteiger partial charge in [-0.25, -0.2) is 0 Å². The molecule has 4 nitrogen and oxygen atoms in total. The summed E-state index contributed by atoms with van der Waals surface area (Å²) in [5, 5.41) is 0. The number of carbonyl (C=O) groups excluding carboxylic acids is 2. The number of Topliss-reactive ketones (excluding diaryl/α,β-unsaturated/α-hetero) is 1. The van der Waals surface area contributed by atoms with Crippen molar-refractivity contribution in [3.63, 3.8) is 0 Å². The molecule has 3 aromatic rings. The van der Waals surface area contributed by atoms with E-state index in [0.29, 0.717) is 5.56 Å². The largest absolute Gasteiger partial charge is 0.368 e. The molecule has 0 aromatic heterocycles. The molecule has 4 unspecified atom stereocenters. The monoisotopic (exact) mass is 394 g/mol. The van der Waals surface area contributed by atoms with Crippen LogP contribution in [0.4, 0.5) is 0 Å². The van der Waals surface area contributed by atoms with E-state index < -0.39 is 17.9 Å². The fraction of sp³-hybridized carbons (Fsp3) is 0.154. The Bertz CT molecular complexity index is 1120. The number of nitrogens with two attached hydrogens (primary N) is 1. The molecule has 2 N–H and O–H groups in total. The van der Waals surface area contributed by atoms with Gasteiger partial charge in [0.25, 0.3) is 0 Å². The average Bonchev–Trinajstić information content (AvgIpc) is 3.16. The Balaban J connectivity index is 1.73. The van der Waals surface area contributed by atoms with Crippen LogP contribution in [0.3, 0.4) is 0 Å². The minimum Gasteiger partial charge on any atom is -0.368 e. The van der Waals surface area contributed by atoms with Crippen LogP contribution in [0.5, 0.6) is 0 Å². The number of hydrogen-bond donors (Lipinski definition) is 1. The lowest BCUT2D eigenvalue weighted by Gasteiger charge is -2.33. The number of primary amides is 1. The topological polar surface area (TPSA) is 63.4 Å². The summed E-state index contributed by atoms with van der Waals surface area (Å²) in [4.78, 5) is 28.5. The van der Waals surface area contributed by atoms with Crippen LogP contribution in [0.15, 0.2) is 91.1 Å². The Morgan fingerprint density at radius 1 is 0.800 bits per heavy atom. The van der Waals surface area contributed by atoms with Gasteiger partial charge in [-0.3, -0.25) is 9.59 Å². The molecule has 2 aliphatic heterocycles. The molecule has 4 heteroatoms. The van der Waals surface area contributed by atoms with Gasteiger partial charge in [0, 0.05) is 17.7 Å². The van der Waals surface area contributed by atoms with Crippen molar-refractivity contribution in [3.05, 3.63) is 113 Å². The molecule has 2 aliphatic rings. The first-order valence-corrected chi connectivity index (χ1v) is 10.1. The third kappa shape index (κ3) is 2.84. The van der Waals surface area contributed by atoms with Gasteiger partial charge >= 0.3 is 0 Å². The third-order valence-corrected chi connectivity index (χ3v) is 6.29. The fourth-order valence-electron chi connectivity index (χ4n) is 5.06. The number of rotatable bonds is 4. The van der Waals surface area contributed by atoms with Crippen LogP contribution in [0.2, 0.25) is 0 Å². The Morgan fingerprint density at radius 3 is 2.13 bits per heavy atom. The zero-order valence-electron chi connectivity index (χ0n) is 16.4. The van der Waals surface area contributed by atoms with Crippen molar-refractivity contribution in [2.24, 2.45) is 11.7 Å². The second-order valence-corrected chi connectivity index (χ2v) is 7.88. The minimum absolute atomic E-state index is 0.0355. The van der Waals surface area contributed by atoms with Crippen LogP contribution in [0.25, 0.3) is 6.08 Å². The molecule has 0 spiro atoms. The maximum absolute atomic E-state index is 13.9. The molecular weight excluding hydrogens is 372 g/mol. The van der Waals surface area contributed by atoms with Gasteiger partial charge in [-0.05, 0) is 22.8 Å².